The number of carbonyl (C=O) groups is 1. The van der Waals surface area contributed by atoms with Crippen LogP contribution in [0.25, 0.3) is 10.9 Å². The number of rotatable bonds is 4. The van der Waals surface area contributed by atoms with Crippen LogP contribution in [-0.2, 0) is 4.79 Å². The lowest BCUT2D eigenvalue weighted by Gasteiger charge is -2.17. The molecule has 1 amide bonds. The number of carbonyl (C=O) groups excluding carboxylic acids is 1. The fraction of sp³-hybridized carbons (Fsp3) is 0.167. The van der Waals surface area contributed by atoms with E-state index in [0.29, 0.717) is 28.0 Å². The van der Waals surface area contributed by atoms with E-state index in [0.717, 1.165) is 4.57 Å². The molecule has 25 heavy (non-hydrogen) atoms. The molecular formula is C18H16ClN3O3. The maximum Gasteiger partial charge on any atom is 0.329 e. The number of aromatic amines is 1. The highest BCUT2D eigenvalue weighted by Crippen LogP contribution is 2.16. The van der Waals surface area contributed by atoms with Crippen LogP contribution in [0.5, 0.6) is 0 Å². The van der Waals surface area contributed by atoms with Gasteiger partial charge in [0, 0.05) is 10.7 Å². The molecule has 6 nitrogen and oxygen atoms in total. The van der Waals surface area contributed by atoms with Crippen LogP contribution in [0.1, 0.15) is 19.4 Å². The Morgan fingerprint density at radius 1 is 1.16 bits per heavy atom. The molecule has 0 aliphatic carbocycles. The van der Waals surface area contributed by atoms with Gasteiger partial charge in [0.05, 0.1) is 10.9 Å². The molecule has 3 rings (SSSR count). The highest BCUT2D eigenvalue weighted by molar-refractivity contribution is 6.30. The normalized spacial score (nSPS) is 12.1. The maximum atomic E-state index is 12.7. The van der Waals surface area contributed by atoms with Crippen LogP contribution in [0.15, 0.2) is 58.1 Å². The molecule has 1 heterocycles. The third kappa shape index (κ3) is 3.34. The summed E-state index contributed by atoms with van der Waals surface area (Å²) in [6.45, 7) is 1.74. The maximum absolute atomic E-state index is 12.7. The molecule has 128 valence electrons. The lowest BCUT2D eigenvalue weighted by Crippen LogP contribution is -2.42. The van der Waals surface area contributed by atoms with Crippen molar-refractivity contribution in [2.75, 3.05) is 5.32 Å². The minimum absolute atomic E-state index is 0.292. The summed E-state index contributed by atoms with van der Waals surface area (Å²) in [5.74, 6) is -0.437. The topological polar surface area (TPSA) is 84.0 Å². The molecule has 0 aliphatic heterocycles. The van der Waals surface area contributed by atoms with Gasteiger partial charge in [-0.3, -0.25) is 9.59 Å². The number of anilines is 1. The Balaban J connectivity index is 2.02. The van der Waals surface area contributed by atoms with Gasteiger partial charge in [-0.15, -0.1) is 0 Å². The van der Waals surface area contributed by atoms with Crippen LogP contribution >= 0.6 is 11.6 Å². The van der Waals surface area contributed by atoms with E-state index in [1.807, 2.05) is 0 Å². The lowest BCUT2D eigenvalue weighted by molar-refractivity contribution is -0.119. The molecule has 0 fully saturated rings. The molecule has 3 aromatic rings. The van der Waals surface area contributed by atoms with Crippen LogP contribution in [0.4, 0.5) is 5.69 Å². The van der Waals surface area contributed by atoms with E-state index in [9.17, 15) is 14.4 Å². The van der Waals surface area contributed by atoms with Gasteiger partial charge in [-0.05, 0) is 42.8 Å². The molecule has 0 spiro atoms. The van der Waals surface area contributed by atoms with Crippen molar-refractivity contribution in [3.63, 3.8) is 0 Å². The van der Waals surface area contributed by atoms with Crippen molar-refractivity contribution >= 4 is 34.1 Å². The Labute approximate surface area is 148 Å². The van der Waals surface area contributed by atoms with Crippen LogP contribution in [0, 0.1) is 0 Å². The van der Waals surface area contributed by atoms with E-state index in [1.54, 1.807) is 55.5 Å². The van der Waals surface area contributed by atoms with Gasteiger partial charge in [0.2, 0.25) is 5.91 Å². The van der Waals surface area contributed by atoms with E-state index in [1.165, 1.54) is 0 Å². The van der Waals surface area contributed by atoms with Crippen molar-refractivity contribution in [1.82, 2.24) is 9.55 Å². The summed E-state index contributed by atoms with van der Waals surface area (Å²) >= 11 is 5.83. The van der Waals surface area contributed by atoms with Gasteiger partial charge in [-0.2, -0.15) is 0 Å². The molecule has 0 saturated carbocycles. The molecule has 2 aromatic carbocycles. The van der Waals surface area contributed by atoms with Crippen LogP contribution in [-0.4, -0.2) is 15.5 Å². The van der Waals surface area contributed by atoms with E-state index in [4.69, 9.17) is 11.6 Å². The lowest BCUT2D eigenvalue weighted by atomic mass is 10.1. The second-order valence-corrected chi connectivity index (χ2v) is 6.01. The first kappa shape index (κ1) is 17.0. The second-order valence-electron chi connectivity index (χ2n) is 5.57. The zero-order chi connectivity index (χ0) is 18.0. The summed E-state index contributed by atoms with van der Waals surface area (Å²) in [5, 5.41) is 3.62. The zero-order valence-electron chi connectivity index (χ0n) is 13.5. The fourth-order valence-electron chi connectivity index (χ4n) is 2.70. The number of amides is 1. The van der Waals surface area contributed by atoms with Crippen LogP contribution in [0.2, 0.25) is 5.02 Å². The van der Waals surface area contributed by atoms with Crippen molar-refractivity contribution in [2.24, 2.45) is 0 Å². The Hall–Kier alpha value is -2.86. The summed E-state index contributed by atoms with van der Waals surface area (Å²) in [6.07, 6.45) is 0.292. The number of nitrogens with zero attached hydrogens (tertiary/aromatic N) is 1. The Bertz CT molecular complexity index is 1040. The fourth-order valence-corrected chi connectivity index (χ4v) is 2.83. The summed E-state index contributed by atoms with van der Waals surface area (Å²) in [5.41, 5.74) is -0.112. The standard InChI is InChI=1S/C18H16ClN3O3/c1-2-15(16(23)20-12-9-7-11(19)8-10-12)22-17(24)13-5-3-4-6-14(13)21-18(22)25/h3-10,15H,2H2,1H3,(H,20,23)(H,21,25). The van der Waals surface area contributed by atoms with Gasteiger partial charge in [0.15, 0.2) is 0 Å². The van der Waals surface area contributed by atoms with Crippen molar-refractivity contribution in [3.05, 3.63) is 74.4 Å². The number of benzene rings is 2. The van der Waals surface area contributed by atoms with Gasteiger partial charge in [0.25, 0.3) is 5.56 Å². The first-order valence-electron chi connectivity index (χ1n) is 7.81. The van der Waals surface area contributed by atoms with Crippen molar-refractivity contribution < 1.29 is 4.79 Å². The van der Waals surface area contributed by atoms with Crippen molar-refractivity contribution in [1.29, 1.82) is 0 Å². The molecule has 1 aromatic heterocycles. The minimum Gasteiger partial charge on any atom is -0.324 e. The van der Waals surface area contributed by atoms with Gasteiger partial charge < -0.3 is 10.3 Å². The number of aromatic nitrogens is 2. The first-order chi connectivity index (χ1) is 12.0. The number of hydrogen-bond acceptors (Lipinski definition) is 3. The molecule has 0 aliphatic rings. The number of para-hydroxylation sites is 1. The number of H-pyrrole nitrogens is 1. The minimum atomic E-state index is -0.920. The van der Waals surface area contributed by atoms with E-state index in [-0.39, 0.29) is 0 Å². The van der Waals surface area contributed by atoms with E-state index >= 15 is 0 Å². The highest BCUT2D eigenvalue weighted by atomic mass is 35.5. The Kier molecular flexibility index (Phi) is 4.72. The molecule has 7 heteroatoms. The third-order valence-corrected chi connectivity index (χ3v) is 4.20. The van der Waals surface area contributed by atoms with Crippen molar-refractivity contribution in [2.45, 2.75) is 19.4 Å². The second kappa shape index (κ2) is 6.94. The molecule has 2 N–H and O–H groups in total. The van der Waals surface area contributed by atoms with Crippen molar-refractivity contribution in [3.8, 4) is 0 Å². The summed E-state index contributed by atoms with van der Waals surface area (Å²) in [4.78, 5) is 40.3. The SMILES string of the molecule is CCC(C(=O)Nc1ccc(Cl)cc1)n1c(=O)[nH]c2ccccc2c1=O. The number of hydrogen-bond donors (Lipinski definition) is 2. The largest absolute Gasteiger partial charge is 0.329 e. The average Bonchev–Trinajstić information content (AvgIpc) is 2.60. The Morgan fingerprint density at radius 2 is 1.84 bits per heavy atom. The first-order valence-corrected chi connectivity index (χ1v) is 8.19. The molecule has 1 atom stereocenters. The van der Waals surface area contributed by atoms with Crippen LogP contribution < -0.4 is 16.6 Å². The predicted molar refractivity (Wildman–Crippen MR) is 98.2 cm³/mol. The Morgan fingerprint density at radius 3 is 2.52 bits per heavy atom. The van der Waals surface area contributed by atoms with E-state index < -0.39 is 23.2 Å². The van der Waals surface area contributed by atoms with Crippen LogP contribution in [0.3, 0.4) is 0 Å². The molecule has 1 unspecified atom stereocenters. The van der Waals surface area contributed by atoms with Gasteiger partial charge in [-0.1, -0.05) is 30.7 Å². The summed E-state index contributed by atoms with van der Waals surface area (Å²) in [6, 6.07) is 12.4. The van der Waals surface area contributed by atoms with Gasteiger partial charge in [-0.25, -0.2) is 9.36 Å². The van der Waals surface area contributed by atoms with E-state index in [2.05, 4.69) is 10.3 Å². The third-order valence-electron chi connectivity index (χ3n) is 3.95. The molecule has 0 bridgehead atoms. The predicted octanol–water partition coefficient (Wildman–Crippen LogP) is 2.93. The van der Waals surface area contributed by atoms with Gasteiger partial charge in [0.1, 0.15) is 6.04 Å². The molecule has 0 radical (unpaired) electrons. The van der Waals surface area contributed by atoms with Gasteiger partial charge >= 0.3 is 5.69 Å². The summed E-state index contributed by atoms with van der Waals surface area (Å²) < 4.78 is 0.966. The average molecular weight is 358 g/mol. The number of halogens is 1. The smallest absolute Gasteiger partial charge is 0.324 e. The number of nitrogens with one attached hydrogen (secondary N) is 2. The summed E-state index contributed by atoms with van der Waals surface area (Å²) in [7, 11) is 0. The molecular weight excluding hydrogens is 342 g/mol. The molecule has 0 saturated heterocycles. The quantitative estimate of drug-likeness (QED) is 0.753. The highest BCUT2D eigenvalue weighted by Gasteiger charge is 2.23. The monoisotopic (exact) mass is 357 g/mol. The number of fused-ring (bicyclic) bond motifs is 1. The zero-order valence-corrected chi connectivity index (χ0v) is 14.2.